The van der Waals surface area contributed by atoms with Crippen molar-refractivity contribution in [3.05, 3.63) is 25.3 Å². The van der Waals surface area contributed by atoms with E-state index >= 15 is 0 Å². The minimum absolute atomic E-state index is 0.590. The summed E-state index contributed by atoms with van der Waals surface area (Å²) in [6.45, 7) is 12.1. The van der Waals surface area contributed by atoms with Crippen LogP contribution in [0.5, 0.6) is 0 Å². The zero-order chi connectivity index (χ0) is 8.74. The highest BCUT2D eigenvalue weighted by Gasteiger charge is 2.21. The molecule has 0 N–H and O–H groups in total. The SMILES string of the molecule is C=CC[N+](CC)(CC=C)OC. The van der Waals surface area contributed by atoms with Crippen LogP contribution in [0.3, 0.4) is 0 Å². The van der Waals surface area contributed by atoms with Crippen LogP contribution in [0.1, 0.15) is 6.92 Å². The van der Waals surface area contributed by atoms with Gasteiger partial charge in [-0.05, 0) is 19.1 Å². The molecule has 0 aliphatic rings. The van der Waals surface area contributed by atoms with Gasteiger partial charge in [0, 0.05) is 0 Å². The summed E-state index contributed by atoms with van der Waals surface area (Å²) < 4.78 is 0.590. The first-order chi connectivity index (χ1) is 5.24. The smallest absolute Gasteiger partial charge is 0.127 e. The van der Waals surface area contributed by atoms with E-state index in [4.69, 9.17) is 4.84 Å². The fourth-order valence-corrected chi connectivity index (χ4v) is 1.08. The summed E-state index contributed by atoms with van der Waals surface area (Å²) in [6, 6.07) is 0. The van der Waals surface area contributed by atoms with Gasteiger partial charge in [-0.1, -0.05) is 13.2 Å². The van der Waals surface area contributed by atoms with Gasteiger partial charge in [-0.25, -0.2) is 4.84 Å². The van der Waals surface area contributed by atoms with Crippen molar-refractivity contribution >= 4 is 0 Å². The van der Waals surface area contributed by atoms with Gasteiger partial charge >= 0.3 is 0 Å². The maximum Gasteiger partial charge on any atom is 0.127 e. The Hall–Kier alpha value is -0.600. The lowest BCUT2D eigenvalue weighted by molar-refractivity contribution is -1.09. The molecule has 0 aliphatic carbocycles. The molecule has 0 aromatic rings. The summed E-state index contributed by atoms with van der Waals surface area (Å²) in [5, 5.41) is 0. The van der Waals surface area contributed by atoms with E-state index in [1.807, 2.05) is 12.2 Å². The molecule has 64 valence electrons. The van der Waals surface area contributed by atoms with Crippen LogP contribution in [-0.2, 0) is 4.84 Å². The molecule has 0 bridgehead atoms. The van der Waals surface area contributed by atoms with Gasteiger partial charge in [0.25, 0.3) is 0 Å². The third-order valence-corrected chi connectivity index (χ3v) is 1.89. The van der Waals surface area contributed by atoms with Crippen LogP contribution in [0.4, 0.5) is 0 Å². The molecule has 0 atom stereocenters. The topological polar surface area (TPSA) is 9.23 Å². The third-order valence-electron chi connectivity index (χ3n) is 1.89. The van der Waals surface area contributed by atoms with Crippen molar-refractivity contribution in [2.75, 3.05) is 26.7 Å². The van der Waals surface area contributed by atoms with E-state index in [0.717, 1.165) is 19.6 Å². The molecule has 0 saturated carbocycles. The van der Waals surface area contributed by atoms with E-state index in [1.165, 1.54) is 0 Å². The number of quaternary nitrogens is 1. The Balaban J connectivity index is 4.17. The third kappa shape index (κ3) is 2.87. The van der Waals surface area contributed by atoms with E-state index in [1.54, 1.807) is 7.11 Å². The monoisotopic (exact) mass is 156 g/mol. The Labute approximate surface area is 69.3 Å². The molecule has 2 nitrogen and oxygen atoms in total. The molecule has 0 heterocycles. The summed E-state index contributed by atoms with van der Waals surface area (Å²) in [5.74, 6) is 0. The predicted octanol–water partition coefficient (Wildman–Crippen LogP) is 1.76. The standard InChI is InChI=1S/C9H18NO/c1-5-8-10(7-3,11-4)9-6-2/h5-6H,1-2,7-9H2,3-4H3/q+1. The van der Waals surface area contributed by atoms with Crippen molar-refractivity contribution in [2.24, 2.45) is 0 Å². The molecule has 0 aromatic carbocycles. The number of hydrogen-bond acceptors (Lipinski definition) is 1. The highest BCUT2D eigenvalue weighted by Crippen LogP contribution is 2.06. The molecule has 11 heavy (non-hydrogen) atoms. The lowest BCUT2D eigenvalue weighted by atomic mass is 10.4. The molecular weight excluding hydrogens is 138 g/mol. The molecule has 2 heteroatoms. The van der Waals surface area contributed by atoms with Crippen LogP contribution in [0, 0.1) is 0 Å². The molecule has 0 spiro atoms. The van der Waals surface area contributed by atoms with Crippen molar-refractivity contribution in [3.63, 3.8) is 0 Å². The minimum atomic E-state index is 0.590. The number of nitrogens with zero attached hydrogens (tertiary/aromatic N) is 1. The fraction of sp³-hybridized carbons (Fsp3) is 0.556. The first-order valence-corrected chi connectivity index (χ1v) is 3.88. The van der Waals surface area contributed by atoms with Gasteiger partial charge in [-0.15, -0.1) is 0 Å². The van der Waals surface area contributed by atoms with Crippen LogP contribution in [0.25, 0.3) is 0 Å². The van der Waals surface area contributed by atoms with E-state index in [9.17, 15) is 0 Å². The highest BCUT2D eigenvalue weighted by atomic mass is 16.7. The van der Waals surface area contributed by atoms with Gasteiger partial charge in [-0.3, -0.25) is 0 Å². The normalized spacial score (nSPS) is 11.1. The molecule has 0 unspecified atom stereocenters. The number of likely N-dealkylation sites (N-methyl/N-ethyl adjacent to an activating group) is 1. The zero-order valence-electron chi connectivity index (χ0n) is 7.55. The molecule has 0 saturated heterocycles. The van der Waals surface area contributed by atoms with E-state index in [-0.39, 0.29) is 0 Å². The van der Waals surface area contributed by atoms with Crippen molar-refractivity contribution in [2.45, 2.75) is 6.92 Å². The van der Waals surface area contributed by atoms with Crippen LogP contribution in [0.15, 0.2) is 25.3 Å². The average Bonchev–Trinajstić information content (AvgIpc) is 2.04. The van der Waals surface area contributed by atoms with Crippen molar-refractivity contribution in [1.82, 2.24) is 0 Å². The van der Waals surface area contributed by atoms with E-state index < -0.39 is 0 Å². The van der Waals surface area contributed by atoms with Gasteiger partial charge < -0.3 is 0 Å². The van der Waals surface area contributed by atoms with Crippen molar-refractivity contribution in [3.8, 4) is 0 Å². The molecule has 0 aliphatic heterocycles. The van der Waals surface area contributed by atoms with Gasteiger partial charge in [0.2, 0.25) is 0 Å². The van der Waals surface area contributed by atoms with Crippen LogP contribution < -0.4 is 0 Å². The lowest BCUT2D eigenvalue weighted by Crippen LogP contribution is -2.46. The first-order valence-electron chi connectivity index (χ1n) is 3.88. The maximum absolute atomic E-state index is 5.36. The van der Waals surface area contributed by atoms with Crippen LogP contribution >= 0.6 is 0 Å². The largest absolute Gasteiger partial charge is 0.206 e. The van der Waals surface area contributed by atoms with Crippen LogP contribution in [0.2, 0.25) is 0 Å². The Kier molecular flexibility index (Phi) is 4.83. The Morgan fingerprint density at radius 2 is 1.73 bits per heavy atom. The zero-order valence-corrected chi connectivity index (χ0v) is 7.55. The summed E-state index contributed by atoms with van der Waals surface area (Å²) in [5.41, 5.74) is 0. The quantitative estimate of drug-likeness (QED) is 0.323. The van der Waals surface area contributed by atoms with Gasteiger partial charge in [0.05, 0.1) is 7.11 Å². The summed E-state index contributed by atoms with van der Waals surface area (Å²) >= 11 is 0. The van der Waals surface area contributed by atoms with Crippen LogP contribution in [-0.4, -0.2) is 31.4 Å². The fourth-order valence-electron chi connectivity index (χ4n) is 1.08. The van der Waals surface area contributed by atoms with Gasteiger partial charge in [-0.2, -0.15) is 4.65 Å². The summed E-state index contributed by atoms with van der Waals surface area (Å²) in [4.78, 5) is 5.36. The Morgan fingerprint density at radius 1 is 1.27 bits per heavy atom. The predicted molar refractivity (Wildman–Crippen MR) is 47.9 cm³/mol. The first kappa shape index (κ1) is 10.4. The van der Waals surface area contributed by atoms with E-state index in [0.29, 0.717) is 4.65 Å². The second kappa shape index (κ2) is 5.10. The number of hydrogen-bond donors (Lipinski definition) is 0. The minimum Gasteiger partial charge on any atom is -0.206 e. The molecule has 0 rings (SSSR count). The van der Waals surface area contributed by atoms with Gasteiger partial charge in [0.15, 0.2) is 0 Å². The second-order valence-corrected chi connectivity index (χ2v) is 2.50. The molecule has 0 radical (unpaired) electrons. The Bertz CT molecular complexity index is 116. The van der Waals surface area contributed by atoms with Crippen molar-refractivity contribution < 1.29 is 9.48 Å². The van der Waals surface area contributed by atoms with Gasteiger partial charge in [0.1, 0.15) is 19.6 Å². The van der Waals surface area contributed by atoms with Crippen molar-refractivity contribution in [1.29, 1.82) is 0 Å². The highest BCUT2D eigenvalue weighted by molar-refractivity contribution is 4.69. The average molecular weight is 156 g/mol. The second-order valence-electron chi connectivity index (χ2n) is 2.50. The number of rotatable bonds is 6. The molecule has 0 aromatic heterocycles. The summed E-state index contributed by atoms with van der Waals surface area (Å²) in [6.07, 6.45) is 3.74. The number of hydroxylamine groups is 3. The maximum atomic E-state index is 5.36. The molecule has 0 fully saturated rings. The summed E-state index contributed by atoms with van der Waals surface area (Å²) in [7, 11) is 1.72. The van der Waals surface area contributed by atoms with E-state index in [2.05, 4.69) is 20.1 Å². The molecular formula is C9H18NO+. The Morgan fingerprint density at radius 3 is 1.91 bits per heavy atom. The lowest BCUT2D eigenvalue weighted by Gasteiger charge is -2.30. The molecule has 0 amide bonds.